The zero-order valence-electron chi connectivity index (χ0n) is 14.4. The summed E-state index contributed by atoms with van der Waals surface area (Å²) in [6.07, 6.45) is 2.77. The van der Waals surface area contributed by atoms with E-state index in [-0.39, 0.29) is 18.1 Å². The third-order valence-corrected chi connectivity index (χ3v) is 5.06. The van der Waals surface area contributed by atoms with Crippen molar-refractivity contribution >= 4 is 23.6 Å². The molecule has 0 aliphatic heterocycles. The third kappa shape index (κ3) is 5.32. The minimum atomic E-state index is -0.852. The van der Waals surface area contributed by atoms with Crippen LogP contribution in [0.3, 0.4) is 0 Å². The van der Waals surface area contributed by atoms with Crippen molar-refractivity contribution in [2.45, 2.75) is 43.3 Å². The van der Waals surface area contributed by atoms with E-state index in [0.717, 1.165) is 23.8 Å². The molecule has 0 unspecified atom stereocenters. The number of benzene rings is 1. The predicted octanol–water partition coefficient (Wildman–Crippen LogP) is 2.28. The third-order valence-electron chi connectivity index (χ3n) is 4.09. The van der Waals surface area contributed by atoms with Gasteiger partial charge in [0.2, 0.25) is 5.91 Å². The normalized spacial score (nSPS) is 13.5. The van der Waals surface area contributed by atoms with Crippen molar-refractivity contribution < 1.29 is 14.7 Å². The molecule has 2 aromatic rings. The monoisotopic (exact) mass is 374 g/mol. The van der Waals surface area contributed by atoms with Crippen LogP contribution >= 0.6 is 11.8 Å². The van der Waals surface area contributed by atoms with Gasteiger partial charge in [0.15, 0.2) is 5.16 Å². The summed E-state index contributed by atoms with van der Waals surface area (Å²) in [6.45, 7) is 1.07. The number of aliphatic carboxylic acids is 1. The van der Waals surface area contributed by atoms with Crippen LogP contribution in [0.1, 0.15) is 43.0 Å². The Balaban J connectivity index is 1.57. The maximum Gasteiger partial charge on any atom is 0.303 e. The first-order chi connectivity index (χ1) is 12.6. The fraction of sp³-hybridized carbons (Fsp3) is 0.444. The lowest BCUT2D eigenvalue weighted by atomic mass is 10.2. The standard InChI is InChI=1S/C18H22N4O3S/c23-15(19-10-4-7-16(24)25)12-26-18-21-20-17(14-8-9-14)22(18)11-13-5-2-1-3-6-13/h1-3,5-6,14H,4,7-12H2,(H,19,23)(H,24,25). The van der Waals surface area contributed by atoms with Crippen LogP contribution in [0.2, 0.25) is 0 Å². The fourth-order valence-corrected chi connectivity index (χ4v) is 3.39. The average Bonchev–Trinajstić information content (AvgIpc) is 3.40. The Kier molecular flexibility index (Phi) is 6.27. The second-order valence-corrected chi connectivity index (χ2v) is 7.27. The zero-order valence-corrected chi connectivity index (χ0v) is 15.2. The van der Waals surface area contributed by atoms with Gasteiger partial charge in [0.25, 0.3) is 0 Å². The van der Waals surface area contributed by atoms with E-state index in [2.05, 4.69) is 32.2 Å². The number of nitrogens with zero attached hydrogens (tertiary/aromatic N) is 3. The summed E-state index contributed by atoms with van der Waals surface area (Å²) in [5.74, 6) is 0.742. The summed E-state index contributed by atoms with van der Waals surface area (Å²) in [7, 11) is 0. The summed E-state index contributed by atoms with van der Waals surface area (Å²) >= 11 is 1.37. The Morgan fingerprint density at radius 2 is 2.00 bits per heavy atom. The summed E-state index contributed by atoms with van der Waals surface area (Å²) < 4.78 is 2.11. The molecule has 1 aliphatic carbocycles. The molecule has 138 valence electrons. The lowest BCUT2D eigenvalue weighted by molar-refractivity contribution is -0.137. The second-order valence-electron chi connectivity index (χ2n) is 6.32. The van der Waals surface area contributed by atoms with Gasteiger partial charge in [0.1, 0.15) is 5.82 Å². The van der Waals surface area contributed by atoms with E-state index < -0.39 is 5.97 Å². The highest BCUT2D eigenvalue weighted by atomic mass is 32.2. The molecular weight excluding hydrogens is 352 g/mol. The van der Waals surface area contributed by atoms with E-state index in [4.69, 9.17) is 5.11 Å². The van der Waals surface area contributed by atoms with Gasteiger partial charge >= 0.3 is 5.97 Å². The van der Waals surface area contributed by atoms with Crippen LogP contribution in [-0.4, -0.2) is 44.0 Å². The maximum absolute atomic E-state index is 11.9. The van der Waals surface area contributed by atoms with E-state index in [1.807, 2.05) is 18.2 Å². The lowest BCUT2D eigenvalue weighted by Gasteiger charge is -2.10. The Labute approximate surface area is 156 Å². The Hall–Kier alpha value is -2.35. The smallest absolute Gasteiger partial charge is 0.303 e. The highest BCUT2D eigenvalue weighted by Gasteiger charge is 2.30. The maximum atomic E-state index is 11.9. The molecule has 2 N–H and O–H groups in total. The number of nitrogens with one attached hydrogen (secondary N) is 1. The minimum absolute atomic E-state index is 0.0591. The number of hydrogen-bond donors (Lipinski definition) is 2. The molecule has 0 spiro atoms. The van der Waals surface area contributed by atoms with Crippen LogP contribution < -0.4 is 5.32 Å². The van der Waals surface area contributed by atoms with Gasteiger partial charge in [0.05, 0.1) is 12.3 Å². The number of aromatic nitrogens is 3. The van der Waals surface area contributed by atoms with Crippen molar-refractivity contribution in [2.24, 2.45) is 0 Å². The van der Waals surface area contributed by atoms with Crippen molar-refractivity contribution in [3.63, 3.8) is 0 Å². The first-order valence-corrected chi connectivity index (χ1v) is 9.70. The minimum Gasteiger partial charge on any atom is -0.481 e. The molecule has 1 saturated carbocycles. The van der Waals surface area contributed by atoms with Gasteiger partial charge in [-0.15, -0.1) is 10.2 Å². The number of carbonyl (C=O) groups excluding carboxylic acids is 1. The molecule has 1 aromatic carbocycles. The highest BCUT2D eigenvalue weighted by Crippen LogP contribution is 2.40. The highest BCUT2D eigenvalue weighted by molar-refractivity contribution is 7.99. The molecule has 0 bridgehead atoms. The molecule has 1 aromatic heterocycles. The average molecular weight is 374 g/mol. The number of hydrogen-bond acceptors (Lipinski definition) is 5. The number of carboxylic acids is 1. The number of amides is 1. The molecule has 0 radical (unpaired) electrons. The van der Waals surface area contributed by atoms with E-state index in [1.54, 1.807) is 0 Å². The van der Waals surface area contributed by atoms with Crippen LogP contribution in [0.5, 0.6) is 0 Å². The largest absolute Gasteiger partial charge is 0.481 e. The molecule has 1 heterocycles. The molecular formula is C18H22N4O3S. The van der Waals surface area contributed by atoms with Gasteiger partial charge < -0.3 is 15.0 Å². The molecule has 0 atom stereocenters. The van der Waals surface area contributed by atoms with Gasteiger partial charge in [-0.2, -0.15) is 0 Å². The number of carbonyl (C=O) groups is 2. The summed E-state index contributed by atoms with van der Waals surface area (Å²) in [6, 6.07) is 10.1. The van der Waals surface area contributed by atoms with Gasteiger partial charge in [-0.1, -0.05) is 42.1 Å². The van der Waals surface area contributed by atoms with E-state index in [1.165, 1.54) is 17.3 Å². The van der Waals surface area contributed by atoms with E-state index >= 15 is 0 Å². The van der Waals surface area contributed by atoms with Crippen LogP contribution in [0.15, 0.2) is 35.5 Å². The van der Waals surface area contributed by atoms with Crippen molar-refractivity contribution in [1.29, 1.82) is 0 Å². The van der Waals surface area contributed by atoms with Crippen molar-refractivity contribution in [1.82, 2.24) is 20.1 Å². The van der Waals surface area contributed by atoms with Gasteiger partial charge in [-0.3, -0.25) is 9.59 Å². The van der Waals surface area contributed by atoms with Crippen LogP contribution in [0, 0.1) is 0 Å². The molecule has 8 heteroatoms. The first-order valence-electron chi connectivity index (χ1n) is 8.72. The van der Waals surface area contributed by atoms with Gasteiger partial charge in [-0.05, 0) is 24.8 Å². The topological polar surface area (TPSA) is 97.1 Å². The van der Waals surface area contributed by atoms with Gasteiger partial charge in [0, 0.05) is 18.9 Å². The molecule has 26 heavy (non-hydrogen) atoms. The SMILES string of the molecule is O=C(O)CCCNC(=O)CSc1nnc(C2CC2)n1Cc1ccccc1. The number of thioether (sulfide) groups is 1. The zero-order chi connectivity index (χ0) is 18.4. The van der Waals surface area contributed by atoms with Crippen LogP contribution in [0.4, 0.5) is 0 Å². The Bertz CT molecular complexity index is 759. The second kappa shape index (κ2) is 8.84. The molecule has 1 aliphatic rings. The summed E-state index contributed by atoms with van der Waals surface area (Å²) in [5, 5.41) is 20.7. The van der Waals surface area contributed by atoms with Crippen LogP contribution in [-0.2, 0) is 16.1 Å². The number of carboxylic acid groups (broad SMARTS) is 1. The molecule has 7 nitrogen and oxygen atoms in total. The van der Waals surface area contributed by atoms with Crippen molar-refractivity contribution in [3.05, 3.63) is 41.7 Å². The fourth-order valence-electron chi connectivity index (χ4n) is 2.61. The first kappa shape index (κ1) is 18.4. The van der Waals surface area contributed by atoms with Crippen molar-refractivity contribution in [2.75, 3.05) is 12.3 Å². The molecule has 0 saturated heterocycles. The quantitative estimate of drug-likeness (QED) is 0.489. The predicted molar refractivity (Wildman–Crippen MR) is 98.1 cm³/mol. The van der Waals surface area contributed by atoms with Crippen molar-refractivity contribution in [3.8, 4) is 0 Å². The summed E-state index contributed by atoms with van der Waals surface area (Å²) in [4.78, 5) is 22.4. The van der Waals surface area contributed by atoms with Gasteiger partial charge in [-0.25, -0.2) is 0 Å². The molecule has 1 fully saturated rings. The van der Waals surface area contributed by atoms with Crippen LogP contribution in [0.25, 0.3) is 0 Å². The number of rotatable bonds is 10. The molecule has 3 rings (SSSR count). The van der Waals surface area contributed by atoms with E-state index in [9.17, 15) is 9.59 Å². The summed E-state index contributed by atoms with van der Waals surface area (Å²) in [5.41, 5.74) is 1.18. The Morgan fingerprint density at radius 3 is 2.69 bits per heavy atom. The molecule has 1 amide bonds. The lowest BCUT2D eigenvalue weighted by Crippen LogP contribution is -2.26. The van der Waals surface area contributed by atoms with E-state index in [0.29, 0.717) is 25.4 Å². The Morgan fingerprint density at radius 1 is 1.23 bits per heavy atom.